The van der Waals surface area contributed by atoms with Gasteiger partial charge in [0.05, 0.1) is 5.60 Å². The molecule has 1 amide bonds. The Balaban J connectivity index is 1.65. The van der Waals surface area contributed by atoms with Crippen LogP contribution in [0.3, 0.4) is 0 Å². The molecule has 1 saturated carbocycles. The van der Waals surface area contributed by atoms with E-state index in [1.165, 1.54) is 23.5 Å². The van der Waals surface area contributed by atoms with E-state index in [9.17, 15) is 14.3 Å². The summed E-state index contributed by atoms with van der Waals surface area (Å²) in [5.41, 5.74) is 0.330. The third-order valence-corrected chi connectivity index (χ3v) is 4.83. The summed E-state index contributed by atoms with van der Waals surface area (Å²) >= 11 is 1.34. The van der Waals surface area contributed by atoms with Crippen molar-refractivity contribution in [2.24, 2.45) is 0 Å². The molecule has 0 saturated heterocycles. The van der Waals surface area contributed by atoms with Crippen LogP contribution >= 0.6 is 11.3 Å². The molecular weight excluding hydrogens is 303 g/mol. The lowest BCUT2D eigenvalue weighted by Crippen LogP contribution is -2.40. The van der Waals surface area contributed by atoms with Crippen molar-refractivity contribution < 1.29 is 14.3 Å². The van der Waals surface area contributed by atoms with Crippen LogP contribution in [0.2, 0.25) is 0 Å². The Bertz CT molecular complexity index is 663. The molecule has 2 N–H and O–H groups in total. The Labute approximate surface area is 132 Å². The maximum atomic E-state index is 12.9. The summed E-state index contributed by atoms with van der Waals surface area (Å²) in [6.07, 6.45) is 3.45. The average Bonchev–Trinajstić information content (AvgIpc) is 3.15. The fourth-order valence-corrected chi connectivity index (χ4v) is 3.45. The van der Waals surface area contributed by atoms with Crippen molar-refractivity contribution in [2.75, 3.05) is 6.54 Å². The average molecular weight is 320 g/mol. The molecule has 1 aromatic carbocycles. The monoisotopic (exact) mass is 320 g/mol. The SMILES string of the molecule is O=C(NCC1(O)CCCC1)c1csc(-c2ccc(F)cc2)n1. The lowest BCUT2D eigenvalue weighted by Gasteiger charge is -2.21. The lowest BCUT2D eigenvalue weighted by molar-refractivity contribution is 0.0449. The van der Waals surface area contributed by atoms with Crippen molar-refractivity contribution in [1.82, 2.24) is 10.3 Å². The molecule has 116 valence electrons. The summed E-state index contributed by atoms with van der Waals surface area (Å²) in [5.74, 6) is -0.590. The normalized spacial score (nSPS) is 16.6. The van der Waals surface area contributed by atoms with Crippen molar-refractivity contribution in [1.29, 1.82) is 0 Å². The molecule has 22 heavy (non-hydrogen) atoms. The minimum atomic E-state index is -0.772. The number of nitrogens with zero attached hydrogens (tertiary/aromatic N) is 1. The molecule has 0 atom stereocenters. The van der Waals surface area contributed by atoms with Crippen molar-refractivity contribution in [3.63, 3.8) is 0 Å². The van der Waals surface area contributed by atoms with Gasteiger partial charge in [0.25, 0.3) is 5.91 Å². The highest BCUT2D eigenvalue weighted by molar-refractivity contribution is 7.13. The minimum Gasteiger partial charge on any atom is -0.388 e. The third kappa shape index (κ3) is 3.34. The van der Waals surface area contributed by atoms with Gasteiger partial charge >= 0.3 is 0 Å². The quantitative estimate of drug-likeness (QED) is 0.910. The molecule has 2 aromatic rings. The first-order chi connectivity index (χ1) is 10.6. The van der Waals surface area contributed by atoms with E-state index in [4.69, 9.17) is 0 Å². The first-order valence-electron chi connectivity index (χ1n) is 7.28. The number of aliphatic hydroxyl groups is 1. The minimum absolute atomic E-state index is 0.259. The predicted molar refractivity (Wildman–Crippen MR) is 83.3 cm³/mol. The van der Waals surface area contributed by atoms with E-state index in [2.05, 4.69) is 10.3 Å². The van der Waals surface area contributed by atoms with Crippen LogP contribution in [0.1, 0.15) is 36.2 Å². The van der Waals surface area contributed by atoms with E-state index in [-0.39, 0.29) is 18.3 Å². The van der Waals surface area contributed by atoms with Crippen molar-refractivity contribution in [2.45, 2.75) is 31.3 Å². The zero-order valence-electron chi connectivity index (χ0n) is 12.0. The van der Waals surface area contributed by atoms with Crippen LogP contribution in [-0.4, -0.2) is 28.1 Å². The van der Waals surface area contributed by atoms with Gasteiger partial charge in [0.15, 0.2) is 0 Å². The molecule has 3 rings (SSSR count). The van der Waals surface area contributed by atoms with Gasteiger partial charge in [-0.1, -0.05) is 12.8 Å². The Morgan fingerprint density at radius 3 is 2.68 bits per heavy atom. The molecule has 0 aliphatic heterocycles. The second kappa shape index (κ2) is 6.14. The molecule has 0 spiro atoms. The number of halogens is 1. The Morgan fingerprint density at radius 2 is 2.00 bits per heavy atom. The smallest absolute Gasteiger partial charge is 0.270 e. The number of amides is 1. The second-order valence-electron chi connectivity index (χ2n) is 5.66. The summed E-state index contributed by atoms with van der Waals surface area (Å²) in [7, 11) is 0. The van der Waals surface area contributed by atoms with Crippen LogP contribution in [0.4, 0.5) is 4.39 Å². The van der Waals surface area contributed by atoms with Crippen molar-refractivity contribution >= 4 is 17.2 Å². The number of nitrogens with one attached hydrogen (secondary N) is 1. The molecule has 1 aromatic heterocycles. The summed E-state index contributed by atoms with van der Waals surface area (Å²) in [5, 5.41) is 15.3. The highest BCUT2D eigenvalue weighted by Gasteiger charge is 2.31. The fraction of sp³-hybridized carbons (Fsp3) is 0.375. The molecule has 0 bridgehead atoms. The standard InChI is InChI=1S/C16H17FN2O2S/c17-12-5-3-11(4-6-12)15-19-13(9-22-15)14(20)18-10-16(21)7-1-2-8-16/h3-6,9,21H,1-2,7-8,10H2,(H,18,20). The van der Waals surface area contributed by atoms with E-state index in [0.717, 1.165) is 31.2 Å². The highest BCUT2D eigenvalue weighted by atomic mass is 32.1. The maximum absolute atomic E-state index is 12.9. The summed E-state index contributed by atoms with van der Waals surface area (Å²) in [4.78, 5) is 16.4. The van der Waals surface area contributed by atoms with Crippen LogP contribution in [0.15, 0.2) is 29.6 Å². The van der Waals surface area contributed by atoms with E-state index < -0.39 is 5.60 Å². The van der Waals surface area contributed by atoms with Crippen LogP contribution < -0.4 is 5.32 Å². The van der Waals surface area contributed by atoms with E-state index in [1.807, 2.05) is 0 Å². The number of rotatable bonds is 4. The van der Waals surface area contributed by atoms with Crippen LogP contribution in [0.5, 0.6) is 0 Å². The molecule has 1 fully saturated rings. The highest BCUT2D eigenvalue weighted by Crippen LogP contribution is 2.29. The molecule has 1 aliphatic carbocycles. The topological polar surface area (TPSA) is 62.2 Å². The Hall–Kier alpha value is -1.79. The van der Waals surface area contributed by atoms with Crippen LogP contribution in [0, 0.1) is 5.82 Å². The van der Waals surface area contributed by atoms with Crippen molar-refractivity contribution in [3.05, 3.63) is 41.2 Å². The molecule has 6 heteroatoms. The molecule has 0 unspecified atom stereocenters. The number of hydrogen-bond donors (Lipinski definition) is 2. The zero-order chi connectivity index (χ0) is 15.6. The van der Waals surface area contributed by atoms with E-state index in [0.29, 0.717) is 10.7 Å². The van der Waals surface area contributed by atoms with Gasteiger partial charge in [0, 0.05) is 17.5 Å². The Morgan fingerprint density at radius 1 is 1.32 bits per heavy atom. The van der Waals surface area contributed by atoms with Gasteiger partial charge in [-0.05, 0) is 37.1 Å². The van der Waals surface area contributed by atoms with Gasteiger partial charge in [0.1, 0.15) is 16.5 Å². The second-order valence-corrected chi connectivity index (χ2v) is 6.52. The molecular formula is C16H17FN2O2S. The zero-order valence-corrected chi connectivity index (χ0v) is 12.8. The maximum Gasteiger partial charge on any atom is 0.270 e. The Kier molecular flexibility index (Phi) is 4.22. The third-order valence-electron chi connectivity index (χ3n) is 3.94. The summed E-state index contributed by atoms with van der Waals surface area (Å²) in [6.45, 7) is 0.259. The van der Waals surface area contributed by atoms with Crippen LogP contribution in [0.25, 0.3) is 10.6 Å². The first-order valence-corrected chi connectivity index (χ1v) is 8.16. The molecule has 1 aliphatic rings. The number of hydrogen-bond acceptors (Lipinski definition) is 4. The van der Waals surface area contributed by atoms with E-state index in [1.54, 1.807) is 17.5 Å². The van der Waals surface area contributed by atoms with Gasteiger partial charge < -0.3 is 10.4 Å². The van der Waals surface area contributed by atoms with Crippen LogP contribution in [-0.2, 0) is 0 Å². The van der Waals surface area contributed by atoms with Gasteiger partial charge in [0.2, 0.25) is 0 Å². The largest absolute Gasteiger partial charge is 0.388 e. The number of aromatic nitrogens is 1. The molecule has 4 nitrogen and oxygen atoms in total. The van der Waals surface area contributed by atoms with Gasteiger partial charge in [-0.3, -0.25) is 4.79 Å². The number of carbonyl (C=O) groups is 1. The lowest BCUT2D eigenvalue weighted by atomic mass is 10.0. The van der Waals surface area contributed by atoms with Gasteiger partial charge in [-0.25, -0.2) is 9.37 Å². The predicted octanol–water partition coefficient (Wildman–Crippen LogP) is 2.98. The van der Waals surface area contributed by atoms with E-state index >= 15 is 0 Å². The number of thiazole rings is 1. The van der Waals surface area contributed by atoms with Gasteiger partial charge in [-0.2, -0.15) is 0 Å². The number of benzene rings is 1. The summed E-state index contributed by atoms with van der Waals surface area (Å²) < 4.78 is 12.9. The first kappa shape index (κ1) is 15.1. The van der Waals surface area contributed by atoms with Gasteiger partial charge in [-0.15, -0.1) is 11.3 Å². The number of carbonyl (C=O) groups excluding carboxylic acids is 1. The molecule has 1 heterocycles. The molecule has 0 radical (unpaired) electrons. The van der Waals surface area contributed by atoms with Crippen molar-refractivity contribution in [3.8, 4) is 10.6 Å². The summed E-state index contributed by atoms with van der Waals surface area (Å²) in [6, 6.07) is 6.01. The fourth-order valence-electron chi connectivity index (χ4n) is 2.65.